The summed E-state index contributed by atoms with van der Waals surface area (Å²) in [7, 11) is 1.39. The number of ether oxygens (including phenoxy) is 1. The third-order valence-corrected chi connectivity index (χ3v) is 5.85. The van der Waals surface area contributed by atoms with Crippen LogP contribution in [0, 0.1) is 0 Å². The van der Waals surface area contributed by atoms with Gasteiger partial charge in [-0.05, 0) is 36.8 Å². The van der Waals surface area contributed by atoms with E-state index in [1.807, 2.05) is 30.5 Å². The number of carbonyl (C=O) groups is 1. The molecule has 0 bridgehead atoms. The fourth-order valence-corrected chi connectivity index (χ4v) is 4.16. The summed E-state index contributed by atoms with van der Waals surface area (Å²) < 4.78 is 4.88. The average Bonchev–Trinajstić information content (AvgIpc) is 3.11. The highest BCUT2D eigenvalue weighted by molar-refractivity contribution is 7.80. The Bertz CT molecular complexity index is 771. The fraction of sp³-hybridized carbons (Fsp3) is 0.389. The molecule has 6 nitrogen and oxygen atoms in total. The maximum absolute atomic E-state index is 12.0. The zero-order valence-corrected chi connectivity index (χ0v) is 16.5. The number of aryl methyl sites for hydroxylation is 1. The lowest BCUT2D eigenvalue weighted by atomic mass is 10.2. The molecule has 1 N–H and O–H groups in total. The lowest BCUT2D eigenvalue weighted by Crippen LogP contribution is -2.50. The van der Waals surface area contributed by atoms with Crippen molar-refractivity contribution >= 4 is 45.5 Å². The first-order valence-electron chi connectivity index (χ1n) is 8.55. The van der Waals surface area contributed by atoms with Crippen molar-refractivity contribution in [3.63, 3.8) is 0 Å². The molecular formula is C18H22N4O2S2. The Morgan fingerprint density at radius 3 is 2.73 bits per heavy atom. The van der Waals surface area contributed by atoms with Gasteiger partial charge in [-0.15, -0.1) is 11.3 Å². The average molecular weight is 391 g/mol. The number of hydrogen-bond donors (Lipinski definition) is 1. The number of esters is 1. The Kier molecular flexibility index (Phi) is 6.05. The Hall–Kier alpha value is -2.19. The summed E-state index contributed by atoms with van der Waals surface area (Å²) in [5.74, 6) is 0.649. The quantitative estimate of drug-likeness (QED) is 0.636. The number of thiocarbonyl (C=S) groups is 1. The molecule has 0 atom stereocenters. The second kappa shape index (κ2) is 8.46. The van der Waals surface area contributed by atoms with Crippen LogP contribution in [0.4, 0.5) is 10.8 Å². The minimum atomic E-state index is -0.341. The second-order valence-corrected chi connectivity index (χ2v) is 7.42. The summed E-state index contributed by atoms with van der Waals surface area (Å²) in [4.78, 5) is 21.9. The molecule has 1 saturated heterocycles. The standard InChI is InChI=1S/C18H22N4O2S2/c1-3-13-12-14(17(23)24-2)16(26-13)20-18(25)22-10-8-21(9-11-22)15-6-4-5-7-19-15/h4-7,12H,3,8-11H2,1-2H3,(H,20,25). The first-order valence-corrected chi connectivity index (χ1v) is 9.77. The predicted molar refractivity (Wildman–Crippen MR) is 109 cm³/mol. The van der Waals surface area contributed by atoms with Crippen molar-refractivity contribution < 1.29 is 9.53 Å². The van der Waals surface area contributed by atoms with Crippen LogP contribution in [0.15, 0.2) is 30.5 Å². The molecule has 0 radical (unpaired) electrons. The number of nitrogens with one attached hydrogen (secondary N) is 1. The van der Waals surface area contributed by atoms with E-state index in [0.717, 1.165) is 48.3 Å². The van der Waals surface area contributed by atoms with Crippen LogP contribution in [0.5, 0.6) is 0 Å². The van der Waals surface area contributed by atoms with E-state index in [9.17, 15) is 4.79 Å². The summed E-state index contributed by atoms with van der Waals surface area (Å²) in [5, 5.41) is 4.64. The van der Waals surface area contributed by atoms with E-state index in [0.29, 0.717) is 10.7 Å². The molecule has 1 aliphatic rings. The molecular weight excluding hydrogens is 368 g/mol. The Balaban J connectivity index is 1.63. The zero-order valence-electron chi connectivity index (χ0n) is 14.9. The van der Waals surface area contributed by atoms with Crippen molar-refractivity contribution in [2.24, 2.45) is 0 Å². The van der Waals surface area contributed by atoms with Crippen LogP contribution in [0.25, 0.3) is 0 Å². The molecule has 2 aromatic heterocycles. The minimum Gasteiger partial charge on any atom is -0.465 e. The zero-order chi connectivity index (χ0) is 18.5. The molecule has 0 saturated carbocycles. The molecule has 0 aromatic carbocycles. The Labute approximate surface area is 162 Å². The van der Waals surface area contributed by atoms with Gasteiger partial charge in [0.05, 0.1) is 12.7 Å². The minimum absolute atomic E-state index is 0.341. The number of aromatic nitrogens is 1. The smallest absolute Gasteiger partial charge is 0.340 e. The lowest BCUT2D eigenvalue weighted by molar-refractivity contribution is 0.0602. The van der Waals surface area contributed by atoms with Crippen LogP contribution in [0.1, 0.15) is 22.2 Å². The van der Waals surface area contributed by atoms with Crippen molar-refractivity contribution in [3.8, 4) is 0 Å². The van der Waals surface area contributed by atoms with Gasteiger partial charge in [-0.3, -0.25) is 0 Å². The van der Waals surface area contributed by atoms with E-state index in [1.54, 1.807) is 11.3 Å². The molecule has 0 aliphatic carbocycles. The third kappa shape index (κ3) is 4.13. The topological polar surface area (TPSA) is 57.7 Å². The van der Waals surface area contributed by atoms with Crippen molar-refractivity contribution in [1.82, 2.24) is 9.88 Å². The maximum Gasteiger partial charge on any atom is 0.340 e. The molecule has 0 spiro atoms. The molecule has 0 unspecified atom stereocenters. The normalized spacial score (nSPS) is 14.2. The maximum atomic E-state index is 12.0. The molecule has 8 heteroatoms. The summed E-state index contributed by atoms with van der Waals surface area (Å²) >= 11 is 7.12. The van der Waals surface area contributed by atoms with Gasteiger partial charge in [-0.1, -0.05) is 13.0 Å². The number of thiophene rings is 1. The third-order valence-electron chi connectivity index (χ3n) is 4.30. The van der Waals surface area contributed by atoms with Crippen LogP contribution >= 0.6 is 23.6 Å². The monoisotopic (exact) mass is 390 g/mol. The van der Waals surface area contributed by atoms with Crippen LogP contribution in [0.2, 0.25) is 0 Å². The van der Waals surface area contributed by atoms with Gasteiger partial charge in [-0.25, -0.2) is 9.78 Å². The molecule has 3 heterocycles. The Morgan fingerprint density at radius 1 is 1.35 bits per heavy atom. The SMILES string of the molecule is CCc1cc(C(=O)OC)c(NC(=S)N2CCN(c3ccccn3)CC2)s1. The summed E-state index contributed by atoms with van der Waals surface area (Å²) in [6, 6.07) is 7.81. The van der Waals surface area contributed by atoms with Crippen molar-refractivity contribution in [2.75, 3.05) is 43.5 Å². The highest BCUT2D eigenvalue weighted by Crippen LogP contribution is 2.29. The number of pyridine rings is 1. The van der Waals surface area contributed by atoms with E-state index in [-0.39, 0.29) is 5.97 Å². The van der Waals surface area contributed by atoms with E-state index in [2.05, 4.69) is 27.0 Å². The van der Waals surface area contributed by atoms with Gasteiger partial charge in [0.2, 0.25) is 0 Å². The largest absolute Gasteiger partial charge is 0.465 e. The van der Waals surface area contributed by atoms with E-state index >= 15 is 0 Å². The summed E-state index contributed by atoms with van der Waals surface area (Å²) in [6.45, 7) is 5.39. The van der Waals surface area contributed by atoms with Crippen molar-refractivity contribution in [2.45, 2.75) is 13.3 Å². The lowest BCUT2D eigenvalue weighted by Gasteiger charge is -2.36. The summed E-state index contributed by atoms with van der Waals surface area (Å²) in [6.07, 6.45) is 2.68. The number of piperazine rings is 1. The van der Waals surface area contributed by atoms with Gasteiger partial charge < -0.3 is 19.9 Å². The second-order valence-electron chi connectivity index (χ2n) is 5.89. The summed E-state index contributed by atoms with van der Waals surface area (Å²) in [5.41, 5.74) is 0.545. The number of methoxy groups -OCH3 is 1. The van der Waals surface area contributed by atoms with Gasteiger partial charge >= 0.3 is 5.97 Å². The highest BCUT2D eigenvalue weighted by Gasteiger charge is 2.22. The first kappa shape index (κ1) is 18.6. The first-order chi connectivity index (χ1) is 12.6. The highest BCUT2D eigenvalue weighted by atomic mass is 32.1. The molecule has 138 valence electrons. The van der Waals surface area contributed by atoms with E-state index < -0.39 is 0 Å². The number of nitrogens with zero attached hydrogens (tertiary/aromatic N) is 3. The predicted octanol–water partition coefficient (Wildman–Crippen LogP) is 3.01. The van der Waals surface area contributed by atoms with Crippen molar-refractivity contribution in [3.05, 3.63) is 40.9 Å². The van der Waals surface area contributed by atoms with Gasteiger partial charge in [0.1, 0.15) is 10.8 Å². The molecule has 1 aliphatic heterocycles. The van der Waals surface area contributed by atoms with Crippen LogP contribution < -0.4 is 10.2 Å². The van der Waals surface area contributed by atoms with Gasteiger partial charge in [0.15, 0.2) is 5.11 Å². The van der Waals surface area contributed by atoms with Crippen LogP contribution in [0.3, 0.4) is 0 Å². The molecule has 1 fully saturated rings. The number of carbonyl (C=O) groups excluding carboxylic acids is 1. The van der Waals surface area contributed by atoms with Gasteiger partial charge in [0, 0.05) is 37.3 Å². The van der Waals surface area contributed by atoms with Gasteiger partial charge in [-0.2, -0.15) is 0 Å². The van der Waals surface area contributed by atoms with Crippen LogP contribution in [-0.2, 0) is 11.2 Å². The molecule has 3 rings (SSSR count). The number of rotatable bonds is 4. The Morgan fingerprint density at radius 2 is 2.12 bits per heavy atom. The number of hydrogen-bond acceptors (Lipinski definition) is 6. The van der Waals surface area contributed by atoms with E-state index in [1.165, 1.54) is 7.11 Å². The van der Waals surface area contributed by atoms with Gasteiger partial charge in [0.25, 0.3) is 0 Å². The van der Waals surface area contributed by atoms with Crippen molar-refractivity contribution in [1.29, 1.82) is 0 Å². The number of anilines is 2. The van der Waals surface area contributed by atoms with Crippen LogP contribution in [-0.4, -0.2) is 54.3 Å². The fourth-order valence-electron chi connectivity index (χ4n) is 2.83. The molecule has 26 heavy (non-hydrogen) atoms. The molecule has 0 amide bonds. The molecule has 2 aromatic rings. The van der Waals surface area contributed by atoms with E-state index in [4.69, 9.17) is 17.0 Å².